The first kappa shape index (κ1) is 17.4. The predicted molar refractivity (Wildman–Crippen MR) is 94.4 cm³/mol. The molecule has 2 aromatic rings. The third-order valence-corrected chi connectivity index (χ3v) is 3.98. The second-order valence-corrected chi connectivity index (χ2v) is 6.91. The van der Waals surface area contributed by atoms with E-state index in [0.29, 0.717) is 30.2 Å². The summed E-state index contributed by atoms with van der Waals surface area (Å²) in [7, 11) is 0. The Hall–Kier alpha value is -2.47. The molecule has 1 unspecified atom stereocenters. The van der Waals surface area contributed by atoms with Crippen LogP contribution >= 0.6 is 0 Å². The third kappa shape index (κ3) is 4.14. The highest BCUT2D eigenvalue weighted by Gasteiger charge is 2.34. The second kappa shape index (κ2) is 6.80. The number of benzene rings is 1. The molecule has 25 heavy (non-hydrogen) atoms. The molecule has 3 rings (SSSR count). The number of carbonyl (C=O) groups is 1. The Morgan fingerprint density at radius 2 is 2.16 bits per heavy atom. The number of pyridine rings is 1. The maximum Gasteiger partial charge on any atom is 0.257 e. The molecule has 0 bridgehead atoms. The maximum atomic E-state index is 13.4. The van der Waals surface area contributed by atoms with Gasteiger partial charge in [-0.15, -0.1) is 0 Å². The van der Waals surface area contributed by atoms with Gasteiger partial charge in [-0.05, 0) is 51.1 Å². The van der Waals surface area contributed by atoms with Crippen LogP contribution in [0.25, 0.3) is 0 Å². The summed E-state index contributed by atoms with van der Waals surface area (Å²) in [6.07, 6.45) is 1.56. The Kier molecular flexibility index (Phi) is 4.72. The van der Waals surface area contributed by atoms with E-state index in [1.54, 1.807) is 35.4 Å². The van der Waals surface area contributed by atoms with Crippen molar-refractivity contribution in [2.24, 2.45) is 0 Å². The van der Waals surface area contributed by atoms with Crippen molar-refractivity contribution in [3.63, 3.8) is 0 Å². The zero-order valence-electron chi connectivity index (χ0n) is 14.6. The Morgan fingerprint density at radius 3 is 2.88 bits per heavy atom. The molecule has 5 nitrogen and oxygen atoms in total. The van der Waals surface area contributed by atoms with Gasteiger partial charge in [-0.3, -0.25) is 4.79 Å². The van der Waals surface area contributed by atoms with E-state index in [0.717, 1.165) is 0 Å². The van der Waals surface area contributed by atoms with Crippen LogP contribution in [0.15, 0.2) is 42.6 Å². The van der Waals surface area contributed by atoms with Gasteiger partial charge in [-0.1, -0.05) is 6.07 Å². The average Bonchev–Trinajstić information content (AvgIpc) is 2.53. The monoisotopic (exact) mass is 343 g/mol. The smallest absolute Gasteiger partial charge is 0.257 e. The van der Waals surface area contributed by atoms with Crippen LogP contribution in [-0.4, -0.2) is 40.6 Å². The standard InChI is InChI=1S/C19H22FN3O2/c1-13-11-23(12-19(2,3)25-13)18(24)16-8-5-9-21-17(16)22-15-7-4-6-14(20)10-15/h4-10,13H,11-12H2,1-3H3,(H,21,22). The molecule has 1 atom stereocenters. The molecule has 0 spiro atoms. The number of nitrogens with zero attached hydrogens (tertiary/aromatic N) is 2. The van der Waals surface area contributed by atoms with Crippen molar-refractivity contribution in [2.75, 3.05) is 18.4 Å². The fourth-order valence-corrected chi connectivity index (χ4v) is 3.16. The van der Waals surface area contributed by atoms with Gasteiger partial charge < -0.3 is 15.0 Å². The molecule has 6 heteroatoms. The average molecular weight is 343 g/mol. The topological polar surface area (TPSA) is 54.5 Å². The van der Waals surface area contributed by atoms with Gasteiger partial charge >= 0.3 is 0 Å². The van der Waals surface area contributed by atoms with Gasteiger partial charge in [-0.25, -0.2) is 9.37 Å². The number of aromatic nitrogens is 1. The van der Waals surface area contributed by atoms with Crippen LogP contribution in [0.1, 0.15) is 31.1 Å². The SMILES string of the molecule is CC1CN(C(=O)c2cccnc2Nc2cccc(F)c2)CC(C)(C)O1. The highest BCUT2D eigenvalue weighted by molar-refractivity contribution is 5.99. The van der Waals surface area contributed by atoms with Crippen LogP contribution < -0.4 is 5.32 Å². The number of amides is 1. The number of nitrogens with one attached hydrogen (secondary N) is 1. The Labute approximate surface area is 146 Å². The summed E-state index contributed by atoms with van der Waals surface area (Å²) in [5.74, 6) is -0.0529. The summed E-state index contributed by atoms with van der Waals surface area (Å²) >= 11 is 0. The third-order valence-electron chi connectivity index (χ3n) is 3.98. The summed E-state index contributed by atoms with van der Waals surface area (Å²) in [6, 6.07) is 9.51. The van der Waals surface area contributed by atoms with Gasteiger partial charge in [0.15, 0.2) is 0 Å². The molecule has 1 aliphatic rings. The second-order valence-electron chi connectivity index (χ2n) is 6.91. The van der Waals surface area contributed by atoms with E-state index in [1.165, 1.54) is 12.1 Å². The van der Waals surface area contributed by atoms with Crippen molar-refractivity contribution in [1.29, 1.82) is 0 Å². The molecule has 2 heterocycles. The van der Waals surface area contributed by atoms with E-state index in [-0.39, 0.29) is 17.8 Å². The van der Waals surface area contributed by atoms with Gasteiger partial charge in [0.25, 0.3) is 5.91 Å². The first-order valence-corrected chi connectivity index (χ1v) is 8.29. The normalized spacial score (nSPS) is 19.5. The summed E-state index contributed by atoms with van der Waals surface area (Å²) in [5.41, 5.74) is 0.603. The van der Waals surface area contributed by atoms with Gasteiger partial charge in [0.2, 0.25) is 0 Å². The molecule has 1 fully saturated rings. The molecule has 1 saturated heterocycles. The van der Waals surface area contributed by atoms with Crippen molar-refractivity contribution in [3.8, 4) is 0 Å². The van der Waals surface area contributed by atoms with Crippen molar-refractivity contribution in [2.45, 2.75) is 32.5 Å². The van der Waals surface area contributed by atoms with Gasteiger partial charge in [0.05, 0.1) is 17.3 Å². The van der Waals surface area contributed by atoms with E-state index in [1.807, 2.05) is 20.8 Å². The fraction of sp³-hybridized carbons (Fsp3) is 0.368. The van der Waals surface area contributed by atoms with Crippen molar-refractivity contribution < 1.29 is 13.9 Å². The van der Waals surface area contributed by atoms with Gasteiger partial charge in [0.1, 0.15) is 11.6 Å². The zero-order valence-corrected chi connectivity index (χ0v) is 14.6. The maximum absolute atomic E-state index is 13.4. The number of hydrogen-bond acceptors (Lipinski definition) is 4. The predicted octanol–water partition coefficient (Wildman–Crippen LogP) is 3.60. The van der Waals surface area contributed by atoms with E-state index in [4.69, 9.17) is 4.74 Å². The first-order chi connectivity index (χ1) is 11.8. The number of rotatable bonds is 3. The molecule has 1 aliphatic heterocycles. The lowest BCUT2D eigenvalue weighted by Crippen LogP contribution is -2.53. The summed E-state index contributed by atoms with van der Waals surface area (Å²) < 4.78 is 19.3. The Bertz CT molecular complexity index is 779. The molecule has 1 N–H and O–H groups in total. The molecule has 1 aromatic carbocycles. The Morgan fingerprint density at radius 1 is 1.36 bits per heavy atom. The lowest BCUT2D eigenvalue weighted by atomic mass is 10.0. The highest BCUT2D eigenvalue weighted by Crippen LogP contribution is 2.25. The lowest BCUT2D eigenvalue weighted by molar-refractivity contribution is -0.118. The highest BCUT2D eigenvalue weighted by atomic mass is 19.1. The molecule has 1 amide bonds. The van der Waals surface area contributed by atoms with Crippen molar-refractivity contribution in [3.05, 3.63) is 54.0 Å². The number of halogens is 1. The van der Waals surface area contributed by atoms with Crippen molar-refractivity contribution in [1.82, 2.24) is 9.88 Å². The Balaban J connectivity index is 1.86. The van der Waals surface area contributed by atoms with Crippen molar-refractivity contribution >= 4 is 17.4 Å². The van der Waals surface area contributed by atoms with Crippen LogP contribution in [0.4, 0.5) is 15.9 Å². The van der Waals surface area contributed by atoms with Gasteiger partial charge in [-0.2, -0.15) is 0 Å². The number of carbonyl (C=O) groups excluding carboxylic acids is 1. The molecular formula is C19H22FN3O2. The largest absolute Gasteiger partial charge is 0.369 e. The lowest BCUT2D eigenvalue weighted by Gasteiger charge is -2.41. The molecule has 1 aromatic heterocycles. The molecular weight excluding hydrogens is 321 g/mol. The summed E-state index contributed by atoms with van der Waals surface area (Å²) in [4.78, 5) is 19.1. The van der Waals surface area contributed by atoms with Crippen LogP contribution in [-0.2, 0) is 4.74 Å². The first-order valence-electron chi connectivity index (χ1n) is 8.29. The van der Waals surface area contributed by atoms with E-state index in [2.05, 4.69) is 10.3 Å². The van der Waals surface area contributed by atoms with E-state index < -0.39 is 5.60 Å². The number of morpholine rings is 1. The fourth-order valence-electron chi connectivity index (χ4n) is 3.16. The van der Waals surface area contributed by atoms with Gasteiger partial charge in [0, 0.05) is 25.0 Å². The van der Waals surface area contributed by atoms with Crippen LogP contribution in [0.2, 0.25) is 0 Å². The minimum Gasteiger partial charge on any atom is -0.369 e. The number of hydrogen-bond donors (Lipinski definition) is 1. The van der Waals surface area contributed by atoms with Crippen LogP contribution in [0, 0.1) is 5.82 Å². The molecule has 0 aliphatic carbocycles. The minimum absolute atomic E-state index is 0.0380. The molecule has 132 valence electrons. The molecule has 0 radical (unpaired) electrons. The summed E-state index contributed by atoms with van der Waals surface area (Å²) in [6.45, 7) is 6.92. The van der Waals surface area contributed by atoms with E-state index in [9.17, 15) is 9.18 Å². The molecule has 0 saturated carbocycles. The summed E-state index contributed by atoms with van der Waals surface area (Å²) in [5, 5.41) is 3.04. The quantitative estimate of drug-likeness (QED) is 0.925. The van der Waals surface area contributed by atoms with Crippen LogP contribution in [0.5, 0.6) is 0 Å². The number of ether oxygens (including phenoxy) is 1. The van der Waals surface area contributed by atoms with E-state index >= 15 is 0 Å². The number of anilines is 2. The zero-order chi connectivity index (χ0) is 18.0. The minimum atomic E-state index is -0.397. The van der Waals surface area contributed by atoms with Crippen LogP contribution in [0.3, 0.4) is 0 Å².